The molecule has 0 aromatic heterocycles. The molecular formula is C14H21NO4S. The summed E-state index contributed by atoms with van der Waals surface area (Å²) in [6.07, 6.45) is 1.20. The Hall–Kier alpha value is -1.24. The lowest BCUT2D eigenvalue weighted by Gasteiger charge is -2.23. The number of hydrogen-bond acceptors (Lipinski definition) is 4. The minimum absolute atomic E-state index is 0.0000881. The molecule has 2 N–H and O–H groups in total. The molecule has 0 saturated heterocycles. The Morgan fingerprint density at radius 2 is 1.80 bits per heavy atom. The summed E-state index contributed by atoms with van der Waals surface area (Å²) in [5.41, 5.74) is -0.428. The van der Waals surface area contributed by atoms with E-state index in [0.29, 0.717) is 12.0 Å². The molecular weight excluding hydrogens is 278 g/mol. The number of aliphatic hydroxyl groups excluding tert-OH is 1. The van der Waals surface area contributed by atoms with E-state index in [1.54, 1.807) is 13.8 Å². The quantitative estimate of drug-likeness (QED) is 0.751. The number of sulfonamides is 1. The highest BCUT2D eigenvalue weighted by Crippen LogP contribution is 2.15. The zero-order valence-corrected chi connectivity index (χ0v) is 12.8. The van der Waals surface area contributed by atoms with Gasteiger partial charge in [-0.05, 0) is 32.4 Å². The maximum Gasteiger partial charge on any atom is 0.241 e. The van der Waals surface area contributed by atoms with Gasteiger partial charge in [0.05, 0.1) is 17.0 Å². The summed E-state index contributed by atoms with van der Waals surface area (Å²) >= 11 is 0. The summed E-state index contributed by atoms with van der Waals surface area (Å²) in [6, 6.07) is 5.83. The van der Waals surface area contributed by atoms with E-state index in [-0.39, 0.29) is 17.3 Å². The second-order valence-corrected chi connectivity index (χ2v) is 7.03. The molecule has 112 valence electrons. The van der Waals surface area contributed by atoms with E-state index in [1.807, 2.05) is 6.92 Å². The van der Waals surface area contributed by atoms with Crippen molar-refractivity contribution in [2.75, 3.05) is 6.61 Å². The van der Waals surface area contributed by atoms with Crippen LogP contribution in [0, 0.1) is 0 Å². The summed E-state index contributed by atoms with van der Waals surface area (Å²) < 4.78 is 26.6. The molecule has 0 saturated carbocycles. The zero-order valence-electron chi connectivity index (χ0n) is 12.0. The van der Waals surface area contributed by atoms with E-state index < -0.39 is 15.6 Å². The second kappa shape index (κ2) is 6.47. The Bertz CT molecular complexity index is 561. The largest absolute Gasteiger partial charge is 0.394 e. The van der Waals surface area contributed by atoms with E-state index in [2.05, 4.69) is 4.72 Å². The van der Waals surface area contributed by atoms with Crippen LogP contribution in [0.5, 0.6) is 0 Å². The van der Waals surface area contributed by atoms with Gasteiger partial charge in [-0.1, -0.05) is 19.1 Å². The van der Waals surface area contributed by atoms with Gasteiger partial charge in [0.15, 0.2) is 5.78 Å². The summed E-state index contributed by atoms with van der Waals surface area (Å²) in [6.45, 7) is 4.78. The third-order valence-corrected chi connectivity index (χ3v) is 4.48. The van der Waals surface area contributed by atoms with E-state index >= 15 is 0 Å². The van der Waals surface area contributed by atoms with Gasteiger partial charge in [0.25, 0.3) is 0 Å². The predicted molar refractivity (Wildman–Crippen MR) is 77.2 cm³/mol. The van der Waals surface area contributed by atoms with Gasteiger partial charge in [-0.3, -0.25) is 4.79 Å². The van der Waals surface area contributed by atoms with Crippen LogP contribution in [0.3, 0.4) is 0 Å². The van der Waals surface area contributed by atoms with Gasteiger partial charge in [0, 0.05) is 12.0 Å². The minimum atomic E-state index is -3.71. The Morgan fingerprint density at radius 1 is 1.25 bits per heavy atom. The number of aliphatic hydroxyl groups is 1. The number of benzene rings is 1. The maximum absolute atomic E-state index is 12.1. The average Bonchev–Trinajstić information content (AvgIpc) is 2.38. The lowest BCUT2D eigenvalue weighted by molar-refractivity contribution is 0.0981. The Kier molecular flexibility index (Phi) is 5.44. The van der Waals surface area contributed by atoms with Crippen molar-refractivity contribution in [3.63, 3.8) is 0 Å². The van der Waals surface area contributed by atoms with E-state index in [4.69, 9.17) is 5.11 Å². The zero-order chi connectivity index (χ0) is 15.4. The van der Waals surface area contributed by atoms with Crippen LogP contribution in [0.1, 0.15) is 44.0 Å². The molecule has 5 nitrogen and oxygen atoms in total. The second-order valence-electron chi connectivity index (χ2n) is 5.35. The first kappa shape index (κ1) is 16.8. The van der Waals surface area contributed by atoms with Gasteiger partial charge in [0.2, 0.25) is 10.0 Å². The van der Waals surface area contributed by atoms with Gasteiger partial charge in [0.1, 0.15) is 0 Å². The van der Waals surface area contributed by atoms with Gasteiger partial charge >= 0.3 is 0 Å². The first-order chi connectivity index (χ1) is 9.22. The highest BCUT2D eigenvalue weighted by molar-refractivity contribution is 7.89. The van der Waals surface area contributed by atoms with Crippen LogP contribution in [0.25, 0.3) is 0 Å². The molecule has 1 aromatic carbocycles. The van der Waals surface area contributed by atoms with Crippen LogP contribution in [0.15, 0.2) is 29.2 Å². The molecule has 0 bridgehead atoms. The Labute approximate surface area is 120 Å². The van der Waals surface area contributed by atoms with Crippen molar-refractivity contribution in [1.29, 1.82) is 0 Å². The van der Waals surface area contributed by atoms with Crippen molar-refractivity contribution in [3.05, 3.63) is 29.8 Å². The maximum atomic E-state index is 12.1. The topological polar surface area (TPSA) is 83.5 Å². The van der Waals surface area contributed by atoms with Gasteiger partial charge in [-0.25, -0.2) is 13.1 Å². The van der Waals surface area contributed by atoms with E-state index in [1.165, 1.54) is 24.3 Å². The number of Topliss-reactive ketones (excluding diaryl/α,β-unsaturated/α-hetero) is 1. The molecule has 20 heavy (non-hydrogen) atoms. The molecule has 0 amide bonds. The monoisotopic (exact) mass is 299 g/mol. The lowest BCUT2D eigenvalue weighted by Crippen LogP contribution is -2.46. The number of ketones is 1. The minimum Gasteiger partial charge on any atom is -0.394 e. The van der Waals surface area contributed by atoms with Crippen molar-refractivity contribution < 1.29 is 18.3 Å². The number of nitrogens with one attached hydrogen (secondary N) is 1. The fourth-order valence-electron chi connectivity index (χ4n) is 1.65. The van der Waals surface area contributed by atoms with Gasteiger partial charge in [-0.15, -0.1) is 0 Å². The summed E-state index contributed by atoms with van der Waals surface area (Å²) in [7, 11) is -3.71. The van der Waals surface area contributed by atoms with E-state index in [9.17, 15) is 13.2 Å². The molecule has 0 spiro atoms. The molecule has 0 unspecified atom stereocenters. The molecule has 0 atom stereocenters. The number of carbonyl (C=O) groups excluding carboxylic acids is 1. The molecule has 1 aromatic rings. The molecule has 1 rings (SSSR count). The van der Waals surface area contributed by atoms with E-state index in [0.717, 1.165) is 6.42 Å². The molecule has 0 radical (unpaired) electrons. The van der Waals surface area contributed by atoms with Crippen LogP contribution >= 0.6 is 0 Å². The summed E-state index contributed by atoms with van der Waals surface area (Å²) in [5, 5.41) is 9.11. The smallest absolute Gasteiger partial charge is 0.241 e. The third kappa shape index (κ3) is 4.40. The molecule has 0 aliphatic carbocycles. The van der Waals surface area contributed by atoms with Crippen molar-refractivity contribution >= 4 is 15.8 Å². The fourth-order valence-corrected chi connectivity index (χ4v) is 3.05. The highest BCUT2D eigenvalue weighted by atomic mass is 32.2. The van der Waals surface area contributed by atoms with Gasteiger partial charge < -0.3 is 5.11 Å². The Balaban J connectivity index is 2.96. The van der Waals surface area contributed by atoms with Crippen LogP contribution in [0.4, 0.5) is 0 Å². The van der Waals surface area contributed by atoms with Crippen molar-refractivity contribution in [1.82, 2.24) is 4.72 Å². The predicted octanol–water partition coefficient (Wildman–Crippen LogP) is 1.72. The normalized spacial score (nSPS) is 12.4. The first-order valence-corrected chi connectivity index (χ1v) is 7.98. The van der Waals surface area contributed by atoms with Crippen LogP contribution in [-0.2, 0) is 10.0 Å². The molecule has 0 aliphatic rings. The van der Waals surface area contributed by atoms with Gasteiger partial charge in [-0.2, -0.15) is 0 Å². The van der Waals surface area contributed by atoms with Crippen molar-refractivity contribution in [2.45, 2.75) is 44.0 Å². The standard InChI is InChI=1S/C14H21NO4S/c1-4-5-13(17)11-6-8-12(9-7-11)20(18,19)15-14(2,3)10-16/h6-9,15-16H,4-5,10H2,1-3H3. The number of hydrogen-bond donors (Lipinski definition) is 2. The first-order valence-electron chi connectivity index (χ1n) is 6.50. The average molecular weight is 299 g/mol. The highest BCUT2D eigenvalue weighted by Gasteiger charge is 2.25. The van der Waals surface area contributed by atoms with Crippen molar-refractivity contribution in [3.8, 4) is 0 Å². The summed E-state index contributed by atoms with van der Waals surface area (Å²) in [4.78, 5) is 11.8. The molecule has 0 aliphatic heterocycles. The lowest BCUT2D eigenvalue weighted by atomic mass is 10.1. The molecule has 0 fully saturated rings. The summed E-state index contributed by atoms with van der Waals surface area (Å²) in [5.74, 6) is 0.0000881. The Morgan fingerprint density at radius 3 is 2.25 bits per heavy atom. The third-order valence-electron chi connectivity index (χ3n) is 2.77. The van der Waals surface area contributed by atoms with Crippen LogP contribution in [-0.4, -0.2) is 31.5 Å². The van der Waals surface area contributed by atoms with Crippen LogP contribution < -0.4 is 4.72 Å². The molecule has 0 heterocycles. The fraction of sp³-hybridized carbons (Fsp3) is 0.500. The number of carbonyl (C=O) groups is 1. The SMILES string of the molecule is CCCC(=O)c1ccc(S(=O)(=O)NC(C)(C)CO)cc1. The molecule has 6 heteroatoms. The number of rotatable bonds is 7. The van der Waals surface area contributed by atoms with Crippen LogP contribution in [0.2, 0.25) is 0 Å². The van der Waals surface area contributed by atoms with Crippen molar-refractivity contribution in [2.24, 2.45) is 0 Å².